The number of likely N-dealkylation sites (tertiary alicyclic amines) is 2. The summed E-state index contributed by atoms with van der Waals surface area (Å²) >= 11 is 0. The van der Waals surface area contributed by atoms with Gasteiger partial charge in [-0.05, 0) is 13.3 Å². The van der Waals surface area contributed by atoms with Gasteiger partial charge >= 0.3 is 5.97 Å². The molecule has 2 aliphatic heterocycles. The molecule has 1 N–H and O–H groups in total. The number of hydrogen-bond acceptors (Lipinski definition) is 4. The largest absolute Gasteiger partial charge is 0.481 e. The molecule has 2 saturated heterocycles. The highest BCUT2D eigenvalue weighted by Gasteiger charge is 2.42. The zero-order valence-corrected chi connectivity index (χ0v) is 12.4. The van der Waals surface area contributed by atoms with Crippen LogP contribution in [0.4, 0.5) is 0 Å². The van der Waals surface area contributed by atoms with Gasteiger partial charge in [0.2, 0.25) is 11.8 Å². The molecule has 0 aromatic carbocycles. The van der Waals surface area contributed by atoms with Crippen molar-refractivity contribution in [1.29, 1.82) is 0 Å². The van der Waals surface area contributed by atoms with Crippen LogP contribution >= 0.6 is 0 Å². The SMILES string of the molecule is CCN1CC(C(=O)N2CC(OC)CC2CC(=O)O)CC1=O. The minimum absolute atomic E-state index is 0.00637. The molecule has 7 nitrogen and oxygen atoms in total. The number of amides is 2. The molecule has 2 fully saturated rings. The molecule has 0 radical (unpaired) electrons. The van der Waals surface area contributed by atoms with E-state index in [1.54, 1.807) is 16.9 Å². The highest BCUT2D eigenvalue weighted by Crippen LogP contribution is 2.28. The Bertz CT molecular complexity index is 439. The first-order chi connectivity index (χ1) is 9.96. The van der Waals surface area contributed by atoms with Crippen molar-refractivity contribution in [3.63, 3.8) is 0 Å². The van der Waals surface area contributed by atoms with E-state index in [1.165, 1.54) is 0 Å². The first-order valence-electron chi connectivity index (χ1n) is 7.29. The van der Waals surface area contributed by atoms with Gasteiger partial charge in [0.25, 0.3) is 0 Å². The average molecular weight is 298 g/mol. The zero-order chi connectivity index (χ0) is 15.6. The molecular formula is C14H22N2O5. The first kappa shape index (κ1) is 15.8. The fraction of sp³-hybridized carbons (Fsp3) is 0.786. The summed E-state index contributed by atoms with van der Waals surface area (Å²) in [5.74, 6) is -1.41. The van der Waals surface area contributed by atoms with Gasteiger partial charge in [-0.15, -0.1) is 0 Å². The summed E-state index contributed by atoms with van der Waals surface area (Å²) in [4.78, 5) is 38.6. The molecule has 0 bridgehead atoms. The molecule has 0 aromatic rings. The Morgan fingerprint density at radius 1 is 1.38 bits per heavy atom. The number of hydrogen-bond donors (Lipinski definition) is 1. The number of aliphatic carboxylic acids is 1. The van der Waals surface area contributed by atoms with Gasteiger partial charge in [-0.3, -0.25) is 14.4 Å². The maximum absolute atomic E-state index is 12.6. The summed E-state index contributed by atoms with van der Waals surface area (Å²) in [5, 5.41) is 8.98. The van der Waals surface area contributed by atoms with Crippen molar-refractivity contribution >= 4 is 17.8 Å². The van der Waals surface area contributed by atoms with Crippen LogP contribution in [-0.4, -0.2) is 71.6 Å². The highest BCUT2D eigenvalue weighted by molar-refractivity contribution is 5.89. The van der Waals surface area contributed by atoms with E-state index in [1.807, 2.05) is 6.92 Å². The highest BCUT2D eigenvalue weighted by atomic mass is 16.5. The maximum Gasteiger partial charge on any atom is 0.305 e. The Balaban J connectivity index is 2.05. The number of carbonyl (C=O) groups excluding carboxylic acids is 2. The van der Waals surface area contributed by atoms with E-state index in [0.29, 0.717) is 26.1 Å². The predicted octanol–water partition coefficient (Wildman–Crippen LogP) is -0.0546. The molecule has 2 aliphatic rings. The van der Waals surface area contributed by atoms with Crippen molar-refractivity contribution in [3.8, 4) is 0 Å². The number of carboxylic acids is 1. The third-order valence-electron chi connectivity index (χ3n) is 4.35. The van der Waals surface area contributed by atoms with Gasteiger partial charge in [-0.1, -0.05) is 0 Å². The van der Waals surface area contributed by atoms with Crippen molar-refractivity contribution < 1.29 is 24.2 Å². The minimum atomic E-state index is -0.924. The number of carboxylic acid groups (broad SMARTS) is 1. The fourth-order valence-electron chi connectivity index (χ4n) is 3.19. The van der Waals surface area contributed by atoms with Gasteiger partial charge < -0.3 is 19.6 Å². The molecule has 0 spiro atoms. The lowest BCUT2D eigenvalue weighted by Crippen LogP contribution is -2.41. The molecule has 2 amide bonds. The monoisotopic (exact) mass is 298 g/mol. The molecular weight excluding hydrogens is 276 g/mol. The van der Waals surface area contributed by atoms with E-state index in [9.17, 15) is 14.4 Å². The van der Waals surface area contributed by atoms with Crippen molar-refractivity contribution in [2.45, 2.75) is 38.3 Å². The van der Waals surface area contributed by atoms with Crippen LogP contribution in [0.1, 0.15) is 26.2 Å². The van der Waals surface area contributed by atoms with Gasteiger partial charge in [-0.2, -0.15) is 0 Å². The van der Waals surface area contributed by atoms with Gasteiger partial charge in [0.15, 0.2) is 0 Å². The van der Waals surface area contributed by atoms with Crippen LogP contribution in [0.3, 0.4) is 0 Å². The second kappa shape index (κ2) is 6.43. The second-order valence-corrected chi connectivity index (χ2v) is 5.67. The van der Waals surface area contributed by atoms with Gasteiger partial charge in [-0.25, -0.2) is 0 Å². The minimum Gasteiger partial charge on any atom is -0.481 e. The van der Waals surface area contributed by atoms with E-state index in [0.717, 1.165) is 0 Å². The normalized spacial score (nSPS) is 29.2. The maximum atomic E-state index is 12.6. The van der Waals surface area contributed by atoms with Crippen LogP contribution in [0.15, 0.2) is 0 Å². The van der Waals surface area contributed by atoms with E-state index in [2.05, 4.69) is 0 Å². The van der Waals surface area contributed by atoms with Crippen LogP contribution in [0.2, 0.25) is 0 Å². The Hall–Kier alpha value is -1.63. The Labute approximate surface area is 123 Å². The van der Waals surface area contributed by atoms with E-state index in [-0.39, 0.29) is 42.7 Å². The number of ether oxygens (including phenoxy) is 1. The number of carbonyl (C=O) groups is 3. The number of nitrogens with zero attached hydrogens (tertiary/aromatic N) is 2. The lowest BCUT2D eigenvalue weighted by Gasteiger charge is -2.26. The van der Waals surface area contributed by atoms with E-state index >= 15 is 0 Å². The molecule has 2 rings (SSSR count). The third-order valence-corrected chi connectivity index (χ3v) is 4.35. The van der Waals surface area contributed by atoms with E-state index < -0.39 is 5.97 Å². The van der Waals surface area contributed by atoms with Crippen molar-refractivity contribution in [2.75, 3.05) is 26.7 Å². The molecule has 2 heterocycles. The van der Waals surface area contributed by atoms with Gasteiger partial charge in [0.1, 0.15) is 0 Å². The summed E-state index contributed by atoms with van der Waals surface area (Å²) in [5.41, 5.74) is 0. The van der Waals surface area contributed by atoms with Crippen LogP contribution in [-0.2, 0) is 19.1 Å². The Morgan fingerprint density at radius 2 is 2.10 bits per heavy atom. The standard InChI is InChI=1S/C14H22N2O5/c1-3-15-7-9(4-12(15)17)14(20)16-8-11(21-2)5-10(16)6-13(18)19/h9-11H,3-8H2,1-2H3,(H,18,19). The lowest BCUT2D eigenvalue weighted by atomic mass is 10.1. The molecule has 7 heteroatoms. The lowest BCUT2D eigenvalue weighted by molar-refractivity contribution is -0.141. The zero-order valence-electron chi connectivity index (χ0n) is 12.4. The van der Waals surface area contributed by atoms with Crippen LogP contribution in [0.25, 0.3) is 0 Å². The van der Waals surface area contributed by atoms with Crippen LogP contribution in [0.5, 0.6) is 0 Å². The summed E-state index contributed by atoms with van der Waals surface area (Å²) in [6, 6.07) is -0.342. The van der Waals surface area contributed by atoms with Crippen LogP contribution in [0, 0.1) is 5.92 Å². The Morgan fingerprint density at radius 3 is 2.62 bits per heavy atom. The van der Waals surface area contributed by atoms with Crippen LogP contribution < -0.4 is 0 Å². The molecule has 21 heavy (non-hydrogen) atoms. The predicted molar refractivity (Wildman–Crippen MR) is 73.5 cm³/mol. The topological polar surface area (TPSA) is 87.2 Å². The Kier molecular flexibility index (Phi) is 4.82. The first-order valence-corrected chi connectivity index (χ1v) is 7.29. The number of methoxy groups -OCH3 is 1. The average Bonchev–Trinajstić information content (AvgIpc) is 3.00. The van der Waals surface area contributed by atoms with Gasteiger partial charge in [0.05, 0.1) is 18.4 Å². The smallest absolute Gasteiger partial charge is 0.305 e. The molecule has 0 saturated carbocycles. The quantitative estimate of drug-likeness (QED) is 0.768. The van der Waals surface area contributed by atoms with Crippen molar-refractivity contribution in [2.24, 2.45) is 5.92 Å². The van der Waals surface area contributed by atoms with Crippen molar-refractivity contribution in [3.05, 3.63) is 0 Å². The van der Waals surface area contributed by atoms with Gasteiger partial charge in [0, 0.05) is 39.2 Å². The summed E-state index contributed by atoms with van der Waals surface area (Å²) in [6.07, 6.45) is 0.551. The molecule has 0 aliphatic carbocycles. The number of rotatable bonds is 5. The third kappa shape index (κ3) is 3.34. The summed E-state index contributed by atoms with van der Waals surface area (Å²) in [7, 11) is 1.56. The molecule has 0 aromatic heterocycles. The molecule has 118 valence electrons. The fourth-order valence-corrected chi connectivity index (χ4v) is 3.19. The second-order valence-electron chi connectivity index (χ2n) is 5.67. The summed E-state index contributed by atoms with van der Waals surface area (Å²) in [6.45, 7) is 3.32. The van der Waals surface area contributed by atoms with E-state index in [4.69, 9.17) is 9.84 Å². The molecule has 3 unspecified atom stereocenters. The molecule has 3 atom stereocenters. The summed E-state index contributed by atoms with van der Waals surface area (Å²) < 4.78 is 5.27. The van der Waals surface area contributed by atoms with Crippen molar-refractivity contribution in [1.82, 2.24) is 9.80 Å².